The molecule has 7 heteroatoms. The van der Waals surface area contributed by atoms with Crippen LogP contribution in [0.1, 0.15) is 30.7 Å². The van der Waals surface area contributed by atoms with Crippen LogP contribution >= 0.6 is 11.3 Å². The molecule has 6 nitrogen and oxygen atoms in total. The summed E-state index contributed by atoms with van der Waals surface area (Å²) in [5.74, 6) is 0.531. The number of carbonyl (C=O) groups is 2. The lowest BCUT2D eigenvalue weighted by Gasteiger charge is -2.24. The van der Waals surface area contributed by atoms with E-state index in [2.05, 4.69) is 16.7 Å². The number of likely N-dealkylation sites (tertiary alicyclic amines) is 1. The van der Waals surface area contributed by atoms with Gasteiger partial charge in [0, 0.05) is 30.1 Å². The van der Waals surface area contributed by atoms with Crippen LogP contribution in [0.5, 0.6) is 5.75 Å². The van der Waals surface area contributed by atoms with Gasteiger partial charge in [0.05, 0.1) is 12.6 Å². The quantitative estimate of drug-likeness (QED) is 0.760. The summed E-state index contributed by atoms with van der Waals surface area (Å²) in [6.45, 7) is 3.04. The molecule has 1 atom stereocenters. The van der Waals surface area contributed by atoms with Crippen molar-refractivity contribution in [2.45, 2.75) is 25.8 Å². The fourth-order valence-electron chi connectivity index (χ4n) is 3.08. The van der Waals surface area contributed by atoms with E-state index < -0.39 is 0 Å². The van der Waals surface area contributed by atoms with Gasteiger partial charge in [0.15, 0.2) is 0 Å². The molecule has 0 spiro atoms. The molecule has 3 amide bonds. The van der Waals surface area contributed by atoms with Gasteiger partial charge in [0.2, 0.25) is 5.91 Å². The van der Waals surface area contributed by atoms with Gasteiger partial charge in [-0.05, 0) is 36.4 Å². The Labute approximate surface area is 157 Å². The maximum Gasteiger partial charge on any atom is 0.318 e. The minimum Gasteiger partial charge on any atom is -0.492 e. The Morgan fingerprint density at radius 3 is 2.96 bits per heavy atom. The number of amides is 3. The average Bonchev–Trinajstić information content (AvgIpc) is 3.29. The molecule has 0 radical (unpaired) electrons. The van der Waals surface area contributed by atoms with Crippen LogP contribution in [0, 0.1) is 0 Å². The van der Waals surface area contributed by atoms with Crippen LogP contribution in [0.4, 0.5) is 10.5 Å². The zero-order valence-electron chi connectivity index (χ0n) is 14.7. The fourth-order valence-corrected chi connectivity index (χ4v) is 3.96. The van der Waals surface area contributed by atoms with Gasteiger partial charge in [0.25, 0.3) is 0 Å². The Morgan fingerprint density at radius 2 is 2.19 bits per heavy atom. The first-order valence-corrected chi connectivity index (χ1v) is 9.60. The Morgan fingerprint density at radius 1 is 1.31 bits per heavy atom. The van der Waals surface area contributed by atoms with E-state index in [-0.39, 0.29) is 18.0 Å². The second kappa shape index (κ2) is 8.71. The largest absolute Gasteiger partial charge is 0.492 e. The smallest absolute Gasteiger partial charge is 0.318 e. The third-order valence-electron chi connectivity index (χ3n) is 4.19. The molecule has 1 fully saturated rings. The first kappa shape index (κ1) is 18.3. The number of rotatable bonds is 6. The van der Waals surface area contributed by atoms with E-state index in [0.717, 1.165) is 19.4 Å². The van der Waals surface area contributed by atoms with Crippen LogP contribution in [0.25, 0.3) is 0 Å². The van der Waals surface area contributed by atoms with Crippen molar-refractivity contribution in [2.24, 2.45) is 0 Å². The third kappa shape index (κ3) is 4.76. The van der Waals surface area contributed by atoms with Gasteiger partial charge < -0.3 is 20.3 Å². The van der Waals surface area contributed by atoms with Crippen LogP contribution in [0.3, 0.4) is 0 Å². The van der Waals surface area contributed by atoms with Crippen molar-refractivity contribution in [2.75, 3.05) is 25.0 Å². The molecule has 1 aromatic heterocycles. The molecule has 1 aromatic carbocycles. The topological polar surface area (TPSA) is 70.7 Å². The lowest BCUT2D eigenvalue weighted by molar-refractivity contribution is -0.114. The van der Waals surface area contributed by atoms with Gasteiger partial charge in [-0.1, -0.05) is 12.1 Å². The molecule has 0 saturated carbocycles. The van der Waals surface area contributed by atoms with Gasteiger partial charge in [-0.2, -0.15) is 0 Å². The summed E-state index contributed by atoms with van der Waals surface area (Å²) in [4.78, 5) is 26.7. The molecule has 2 aromatic rings. The highest BCUT2D eigenvalue weighted by Gasteiger charge is 2.30. The van der Waals surface area contributed by atoms with E-state index in [4.69, 9.17) is 4.74 Å². The monoisotopic (exact) mass is 373 g/mol. The molecule has 138 valence electrons. The molecule has 2 N–H and O–H groups in total. The molecular formula is C19H23N3O3S. The van der Waals surface area contributed by atoms with Gasteiger partial charge in [0.1, 0.15) is 12.4 Å². The zero-order valence-corrected chi connectivity index (χ0v) is 15.6. The molecule has 0 bridgehead atoms. The van der Waals surface area contributed by atoms with Crippen molar-refractivity contribution in [1.29, 1.82) is 0 Å². The third-order valence-corrected chi connectivity index (χ3v) is 5.16. The second-order valence-corrected chi connectivity index (χ2v) is 7.14. The first-order valence-electron chi connectivity index (χ1n) is 8.72. The number of nitrogens with one attached hydrogen (secondary N) is 2. The summed E-state index contributed by atoms with van der Waals surface area (Å²) in [5, 5.41) is 7.69. The van der Waals surface area contributed by atoms with Crippen molar-refractivity contribution in [3.05, 3.63) is 46.7 Å². The lowest BCUT2D eigenvalue weighted by Crippen LogP contribution is -2.40. The maximum absolute atomic E-state index is 12.5. The summed E-state index contributed by atoms with van der Waals surface area (Å²) >= 11 is 1.70. The highest BCUT2D eigenvalue weighted by atomic mass is 32.1. The number of carbonyl (C=O) groups excluding carboxylic acids is 2. The maximum atomic E-state index is 12.5. The van der Waals surface area contributed by atoms with Crippen molar-refractivity contribution >= 4 is 29.0 Å². The molecule has 3 rings (SSSR count). The van der Waals surface area contributed by atoms with E-state index >= 15 is 0 Å². The molecule has 26 heavy (non-hydrogen) atoms. The van der Waals surface area contributed by atoms with E-state index in [0.29, 0.717) is 24.6 Å². The molecule has 1 aliphatic rings. The number of benzene rings is 1. The Kier molecular flexibility index (Phi) is 6.12. The summed E-state index contributed by atoms with van der Waals surface area (Å²) in [6.07, 6.45) is 2.04. The van der Waals surface area contributed by atoms with Gasteiger partial charge in [-0.25, -0.2) is 4.79 Å². The second-order valence-electron chi connectivity index (χ2n) is 6.16. The molecule has 1 saturated heterocycles. The molecule has 0 aliphatic carbocycles. The summed E-state index contributed by atoms with van der Waals surface area (Å²) in [5.41, 5.74) is 0.690. The highest BCUT2D eigenvalue weighted by Crippen LogP contribution is 2.34. The standard InChI is InChI=1S/C19H23N3O3S/c1-14(23)21-15-5-2-6-16(13-15)25-11-9-20-19(24)22-10-3-7-17(22)18-8-4-12-26-18/h2,4-6,8,12-13,17H,3,7,9-11H2,1H3,(H,20,24)(H,21,23). The number of hydrogen-bond donors (Lipinski definition) is 2. The van der Waals surface area contributed by atoms with Crippen molar-refractivity contribution in [1.82, 2.24) is 10.2 Å². The van der Waals surface area contributed by atoms with Crippen LogP contribution in [-0.4, -0.2) is 36.5 Å². The van der Waals surface area contributed by atoms with E-state index in [9.17, 15) is 9.59 Å². The Balaban J connectivity index is 1.45. The summed E-state index contributed by atoms with van der Waals surface area (Å²) < 4.78 is 5.66. The normalized spacial score (nSPS) is 16.3. The molecule has 2 heterocycles. The zero-order chi connectivity index (χ0) is 18.4. The number of ether oxygens (including phenoxy) is 1. The average molecular weight is 373 g/mol. The SMILES string of the molecule is CC(=O)Nc1cccc(OCCNC(=O)N2CCCC2c2cccs2)c1. The van der Waals surface area contributed by atoms with Gasteiger partial charge in [-0.15, -0.1) is 11.3 Å². The van der Waals surface area contributed by atoms with E-state index in [1.54, 1.807) is 23.5 Å². The van der Waals surface area contributed by atoms with Gasteiger partial charge >= 0.3 is 6.03 Å². The number of thiophene rings is 1. The molecular weight excluding hydrogens is 350 g/mol. The summed E-state index contributed by atoms with van der Waals surface area (Å²) in [6, 6.07) is 11.4. The lowest BCUT2D eigenvalue weighted by atomic mass is 10.2. The van der Waals surface area contributed by atoms with Crippen molar-refractivity contribution in [3.63, 3.8) is 0 Å². The minimum atomic E-state index is -0.125. The highest BCUT2D eigenvalue weighted by molar-refractivity contribution is 7.10. The van der Waals surface area contributed by atoms with Crippen molar-refractivity contribution < 1.29 is 14.3 Å². The predicted octanol–water partition coefficient (Wildman–Crippen LogP) is 3.63. The fraction of sp³-hybridized carbons (Fsp3) is 0.368. The number of hydrogen-bond acceptors (Lipinski definition) is 4. The number of nitrogens with zero attached hydrogens (tertiary/aromatic N) is 1. The first-order chi connectivity index (χ1) is 12.6. The van der Waals surface area contributed by atoms with Crippen LogP contribution in [0.15, 0.2) is 41.8 Å². The summed E-state index contributed by atoms with van der Waals surface area (Å²) in [7, 11) is 0. The predicted molar refractivity (Wildman–Crippen MR) is 103 cm³/mol. The van der Waals surface area contributed by atoms with Crippen molar-refractivity contribution in [3.8, 4) is 5.75 Å². The Hall–Kier alpha value is -2.54. The minimum absolute atomic E-state index is 0.0449. The van der Waals surface area contributed by atoms with E-state index in [1.807, 2.05) is 28.5 Å². The number of anilines is 1. The Bertz CT molecular complexity index is 748. The van der Waals surface area contributed by atoms with Crippen LogP contribution in [0.2, 0.25) is 0 Å². The van der Waals surface area contributed by atoms with E-state index in [1.165, 1.54) is 11.8 Å². The van der Waals surface area contributed by atoms with Crippen LogP contribution < -0.4 is 15.4 Å². The van der Waals surface area contributed by atoms with Gasteiger partial charge in [-0.3, -0.25) is 4.79 Å². The van der Waals surface area contributed by atoms with Crippen LogP contribution in [-0.2, 0) is 4.79 Å². The molecule has 1 aliphatic heterocycles. The number of urea groups is 1. The molecule has 1 unspecified atom stereocenters.